The van der Waals surface area contributed by atoms with Crippen molar-refractivity contribution < 1.29 is 14.3 Å². The number of nitrogens with one attached hydrogen (secondary N) is 1. The third-order valence-electron chi connectivity index (χ3n) is 5.50. The minimum absolute atomic E-state index is 0.0675. The molecule has 1 atom stereocenters. The molecular formula is C25H21N3O3S. The lowest BCUT2D eigenvalue weighted by Crippen LogP contribution is -2.31. The third-order valence-corrected chi connectivity index (χ3v) is 6.42. The first-order chi connectivity index (χ1) is 15.4. The van der Waals surface area contributed by atoms with Gasteiger partial charge in [0.1, 0.15) is 11.4 Å². The number of carbonyl (C=O) groups excluding carboxylic acids is 2. The Bertz CT molecular complexity index is 1330. The molecule has 0 bridgehead atoms. The Morgan fingerprint density at radius 2 is 1.88 bits per heavy atom. The number of hydrogen-bond donors (Lipinski definition) is 1. The molecule has 1 N–H and O–H groups in total. The largest absolute Gasteiger partial charge is 0.457 e. The summed E-state index contributed by atoms with van der Waals surface area (Å²) in [7, 11) is 0. The van der Waals surface area contributed by atoms with Gasteiger partial charge in [0.25, 0.3) is 0 Å². The zero-order valence-electron chi connectivity index (χ0n) is 17.9. The number of ether oxygens (including phenoxy) is 1. The number of pyridine rings is 1. The van der Waals surface area contributed by atoms with Crippen molar-refractivity contribution in [3.05, 3.63) is 87.2 Å². The molecule has 160 valence electrons. The van der Waals surface area contributed by atoms with Crippen molar-refractivity contribution in [2.45, 2.75) is 33.3 Å². The minimum Gasteiger partial charge on any atom is -0.457 e. The molecule has 0 amide bonds. The van der Waals surface area contributed by atoms with Crippen LogP contribution in [0.4, 0.5) is 0 Å². The van der Waals surface area contributed by atoms with Crippen LogP contribution in [0.3, 0.4) is 0 Å². The van der Waals surface area contributed by atoms with Gasteiger partial charge < -0.3 is 10.1 Å². The molecule has 4 rings (SSSR count). The summed E-state index contributed by atoms with van der Waals surface area (Å²) in [5, 5.41) is 15.0. The minimum atomic E-state index is -0.542. The van der Waals surface area contributed by atoms with E-state index in [-0.39, 0.29) is 12.4 Å². The van der Waals surface area contributed by atoms with E-state index < -0.39 is 11.9 Å². The first-order valence-electron chi connectivity index (χ1n) is 10.1. The lowest BCUT2D eigenvalue weighted by atomic mass is 9.79. The second-order valence-electron chi connectivity index (χ2n) is 7.62. The van der Waals surface area contributed by atoms with Gasteiger partial charge >= 0.3 is 5.97 Å². The van der Waals surface area contributed by atoms with Crippen molar-refractivity contribution in [1.29, 1.82) is 5.26 Å². The lowest BCUT2D eigenvalue weighted by molar-refractivity contribution is -0.140. The van der Waals surface area contributed by atoms with Crippen molar-refractivity contribution in [3.63, 3.8) is 0 Å². The van der Waals surface area contributed by atoms with Crippen molar-refractivity contribution in [2.24, 2.45) is 0 Å². The molecule has 3 heterocycles. The van der Waals surface area contributed by atoms with Gasteiger partial charge in [0.2, 0.25) is 0 Å². The van der Waals surface area contributed by atoms with Crippen molar-refractivity contribution in [2.75, 3.05) is 0 Å². The molecule has 1 aromatic carbocycles. The molecule has 0 radical (unpaired) electrons. The molecule has 1 unspecified atom stereocenters. The monoisotopic (exact) mass is 443 g/mol. The number of aromatic nitrogens is 1. The molecular weight excluding hydrogens is 422 g/mol. The summed E-state index contributed by atoms with van der Waals surface area (Å²) in [6.07, 6.45) is 1.73. The fourth-order valence-corrected chi connectivity index (χ4v) is 4.99. The molecule has 1 aliphatic heterocycles. The average molecular weight is 444 g/mol. The smallest absolute Gasteiger partial charge is 0.337 e. The van der Waals surface area contributed by atoms with Gasteiger partial charge in [-0.15, -0.1) is 11.3 Å². The highest BCUT2D eigenvalue weighted by atomic mass is 32.1. The predicted molar refractivity (Wildman–Crippen MR) is 123 cm³/mol. The summed E-state index contributed by atoms with van der Waals surface area (Å²) in [6, 6.07) is 12.8. The number of fused-ring (bicyclic) bond motifs is 1. The number of hydrogen-bond acceptors (Lipinski definition) is 7. The van der Waals surface area contributed by atoms with E-state index in [1.165, 1.54) is 18.3 Å². The molecule has 0 saturated heterocycles. The Hall–Kier alpha value is -3.76. The molecule has 1 aliphatic rings. The van der Waals surface area contributed by atoms with Gasteiger partial charge in [-0.25, -0.2) is 9.78 Å². The Balaban J connectivity index is 1.72. The molecule has 6 nitrogen and oxygen atoms in total. The second-order valence-corrected chi connectivity index (χ2v) is 8.48. The van der Waals surface area contributed by atoms with Crippen LogP contribution in [0.5, 0.6) is 0 Å². The van der Waals surface area contributed by atoms with Crippen molar-refractivity contribution in [3.8, 4) is 6.07 Å². The zero-order valence-corrected chi connectivity index (χ0v) is 18.7. The van der Waals surface area contributed by atoms with E-state index in [9.17, 15) is 9.59 Å². The molecule has 0 fully saturated rings. The van der Waals surface area contributed by atoms with Crippen LogP contribution in [0, 0.1) is 11.3 Å². The van der Waals surface area contributed by atoms with Gasteiger partial charge in [0.05, 0.1) is 17.2 Å². The summed E-state index contributed by atoms with van der Waals surface area (Å²) < 4.78 is 5.65. The number of rotatable bonds is 5. The van der Waals surface area contributed by atoms with E-state index in [0.717, 1.165) is 27.0 Å². The number of nitriles is 1. The number of allylic oxidation sites excluding steroid dienone is 3. The molecule has 0 spiro atoms. The number of ketones is 1. The van der Waals surface area contributed by atoms with Gasteiger partial charge in [-0.3, -0.25) is 4.79 Å². The number of nitrogens with zero attached hydrogens (tertiary/aromatic N) is 2. The number of esters is 1. The molecule has 32 heavy (non-hydrogen) atoms. The Labute approximate surface area is 189 Å². The topological polar surface area (TPSA) is 92.1 Å². The molecule has 0 saturated carbocycles. The fraction of sp³-hybridized carbons (Fsp3) is 0.200. The normalized spacial score (nSPS) is 16.0. The molecule has 7 heteroatoms. The maximum atomic E-state index is 13.3. The second kappa shape index (κ2) is 8.77. The van der Waals surface area contributed by atoms with Crippen LogP contribution < -0.4 is 5.32 Å². The zero-order chi connectivity index (χ0) is 22.8. The third kappa shape index (κ3) is 3.93. The average Bonchev–Trinajstić information content (AvgIpc) is 3.21. The standard InChI is InChI=1S/C25H21N3O3S/c1-14-21(16(3)29)23(20-13-32-24-19(20)5-4-10-27-24)22(15(2)28-14)25(30)31-12-18-8-6-17(11-26)7-9-18/h4-10,13,23,28H,12H2,1-3H3. The number of benzene rings is 1. The maximum absolute atomic E-state index is 13.3. The van der Waals surface area contributed by atoms with Crippen LogP contribution in [0.15, 0.2) is 70.5 Å². The van der Waals surface area contributed by atoms with Crippen LogP contribution in [-0.2, 0) is 20.9 Å². The Kier molecular flexibility index (Phi) is 5.89. The number of carbonyl (C=O) groups is 2. The Morgan fingerprint density at radius 3 is 2.56 bits per heavy atom. The summed E-state index contributed by atoms with van der Waals surface area (Å²) in [5.41, 5.74) is 4.54. The highest BCUT2D eigenvalue weighted by Gasteiger charge is 2.37. The quantitative estimate of drug-likeness (QED) is 0.573. The first-order valence-corrected chi connectivity index (χ1v) is 11.0. The van der Waals surface area contributed by atoms with Crippen LogP contribution in [0.25, 0.3) is 10.2 Å². The van der Waals surface area contributed by atoms with E-state index in [0.29, 0.717) is 22.4 Å². The molecule has 2 aromatic heterocycles. The highest BCUT2D eigenvalue weighted by Crippen LogP contribution is 2.43. The van der Waals surface area contributed by atoms with Gasteiger partial charge in [-0.1, -0.05) is 18.2 Å². The number of thiophene rings is 1. The van der Waals surface area contributed by atoms with Crippen LogP contribution in [0.2, 0.25) is 0 Å². The van der Waals surface area contributed by atoms with E-state index in [4.69, 9.17) is 10.00 Å². The van der Waals surface area contributed by atoms with Crippen molar-refractivity contribution in [1.82, 2.24) is 10.3 Å². The van der Waals surface area contributed by atoms with E-state index in [1.807, 2.05) is 31.4 Å². The van der Waals surface area contributed by atoms with Crippen LogP contribution in [0.1, 0.15) is 43.4 Å². The summed E-state index contributed by atoms with van der Waals surface area (Å²) in [4.78, 5) is 31.2. The Morgan fingerprint density at radius 1 is 1.16 bits per heavy atom. The van der Waals surface area contributed by atoms with Gasteiger partial charge in [0.15, 0.2) is 5.78 Å². The van der Waals surface area contributed by atoms with E-state index in [2.05, 4.69) is 16.4 Å². The number of Topliss-reactive ketones (excluding diaryl/α,β-unsaturated/α-hetero) is 1. The first kappa shape index (κ1) is 21.5. The number of dihydropyridines is 1. The highest BCUT2D eigenvalue weighted by molar-refractivity contribution is 7.16. The summed E-state index contributed by atoms with van der Waals surface area (Å²) in [6.45, 7) is 5.25. The SMILES string of the molecule is CC(=O)C1=C(C)NC(C)=C(C(=O)OCc2ccc(C#N)cc2)C1c1csc2ncccc12. The lowest BCUT2D eigenvalue weighted by Gasteiger charge is -2.30. The van der Waals surface area contributed by atoms with Crippen LogP contribution >= 0.6 is 11.3 Å². The van der Waals surface area contributed by atoms with Gasteiger partial charge in [0, 0.05) is 34.5 Å². The van der Waals surface area contributed by atoms with Crippen molar-refractivity contribution >= 4 is 33.3 Å². The molecule has 0 aliphatic carbocycles. The molecule has 3 aromatic rings. The maximum Gasteiger partial charge on any atom is 0.337 e. The fourth-order valence-electron chi connectivity index (χ4n) is 4.06. The summed E-state index contributed by atoms with van der Waals surface area (Å²) >= 11 is 1.48. The van der Waals surface area contributed by atoms with Gasteiger partial charge in [-0.05, 0) is 55.5 Å². The summed E-state index contributed by atoms with van der Waals surface area (Å²) in [5.74, 6) is -1.13. The predicted octanol–water partition coefficient (Wildman–Crippen LogP) is 4.74. The van der Waals surface area contributed by atoms with Gasteiger partial charge in [-0.2, -0.15) is 5.26 Å². The van der Waals surface area contributed by atoms with Crippen LogP contribution in [-0.4, -0.2) is 16.7 Å². The van der Waals surface area contributed by atoms with E-state index in [1.54, 1.807) is 30.5 Å². The van der Waals surface area contributed by atoms with E-state index >= 15 is 0 Å².